The number of likely N-dealkylation sites (tertiary alicyclic amines) is 1. The zero-order chi connectivity index (χ0) is 18.1. The molecule has 0 bridgehead atoms. The normalized spacial score (nSPS) is 15.4. The number of pyridine rings is 1. The number of hydrogen-bond donors (Lipinski definition) is 1. The minimum absolute atomic E-state index is 0.0124. The number of carbonyl (C=O) groups is 1. The largest absolute Gasteiger partial charge is 0.361 e. The van der Waals surface area contributed by atoms with Gasteiger partial charge in [-0.05, 0) is 50.5 Å². The third-order valence-electron chi connectivity index (χ3n) is 5.03. The molecule has 0 aromatic carbocycles. The van der Waals surface area contributed by atoms with E-state index in [0.717, 1.165) is 54.2 Å². The van der Waals surface area contributed by atoms with Crippen LogP contribution in [0.1, 0.15) is 46.4 Å². The second kappa shape index (κ2) is 6.74. The highest BCUT2D eigenvalue weighted by Crippen LogP contribution is 2.32. The van der Waals surface area contributed by atoms with E-state index in [1.807, 2.05) is 31.0 Å². The molecule has 3 aromatic heterocycles. The number of aromatic amines is 1. The molecule has 1 N–H and O–H groups in total. The quantitative estimate of drug-likeness (QED) is 0.783. The first-order valence-electron chi connectivity index (χ1n) is 8.81. The summed E-state index contributed by atoms with van der Waals surface area (Å²) in [5, 5.41) is 10.6. The predicted octanol–water partition coefficient (Wildman–Crippen LogP) is 3.10. The highest BCUT2D eigenvalue weighted by Gasteiger charge is 2.26. The van der Waals surface area contributed by atoms with Crippen LogP contribution in [0.3, 0.4) is 0 Å². The Balaban J connectivity index is 1.48. The average Bonchev–Trinajstić information content (AvgIpc) is 3.32. The van der Waals surface area contributed by atoms with Crippen LogP contribution in [-0.2, 0) is 0 Å². The van der Waals surface area contributed by atoms with Crippen LogP contribution in [0.2, 0.25) is 0 Å². The summed E-state index contributed by atoms with van der Waals surface area (Å²) in [5.41, 5.74) is 4.63. The van der Waals surface area contributed by atoms with Gasteiger partial charge in [-0.3, -0.25) is 14.9 Å². The number of piperidine rings is 1. The van der Waals surface area contributed by atoms with Gasteiger partial charge in [-0.15, -0.1) is 0 Å². The lowest BCUT2D eigenvalue weighted by molar-refractivity contribution is 0.0706. The third-order valence-corrected chi connectivity index (χ3v) is 5.03. The lowest BCUT2D eigenvalue weighted by Crippen LogP contribution is -2.38. The minimum Gasteiger partial charge on any atom is -0.361 e. The second-order valence-corrected chi connectivity index (χ2v) is 6.71. The monoisotopic (exact) mass is 351 g/mol. The van der Waals surface area contributed by atoms with Gasteiger partial charge in [0.2, 0.25) is 0 Å². The van der Waals surface area contributed by atoms with Gasteiger partial charge in [0, 0.05) is 42.7 Å². The number of hydrogen-bond acceptors (Lipinski definition) is 5. The predicted molar refractivity (Wildman–Crippen MR) is 95.7 cm³/mol. The Labute approximate surface area is 151 Å². The van der Waals surface area contributed by atoms with E-state index >= 15 is 0 Å². The molecule has 1 amide bonds. The Kier molecular flexibility index (Phi) is 4.28. The molecule has 7 nitrogen and oxygen atoms in total. The molecule has 0 unspecified atom stereocenters. The third kappa shape index (κ3) is 3.00. The lowest BCUT2D eigenvalue weighted by Gasteiger charge is -2.31. The molecule has 1 aliphatic rings. The first kappa shape index (κ1) is 16.5. The van der Waals surface area contributed by atoms with E-state index in [1.54, 1.807) is 12.3 Å². The van der Waals surface area contributed by atoms with E-state index < -0.39 is 0 Å². The molecule has 0 aliphatic carbocycles. The molecule has 1 aliphatic heterocycles. The van der Waals surface area contributed by atoms with Crippen molar-refractivity contribution in [3.05, 3.63) is 53.4 Å². The lowest BCUT2D eigenvalue weighted by atomic mass is 9.91. The van der Waals surface area contributed by atoms with E-state index in [4.69, 9.17) is 4.52 Å². The summed E-state index contributed by atoms with van der Waals surface area (Å²) < 4.78 is 5.29. The zero-order valence-corrected chi connectivity index (χ0v) is 14.9. The molecule has 0 radical (unpaired) electrons. The van der Waals surface area contributed by atoms with E-state index in [0.29, 0.717) is 11.6 Å². The summed E-state index contributed by atoms with van der Waals surface area (Å²) in [4.78, 5) is 18.9. The van der Waals surface area contributed by atoms with Crippen molar-refractivity contribution in [2.45, 2.75) is 32.6 Å². The molecule has 26 heavy (non-hydrogen) atoms. The molecule has 0 atom stereocenters. The van der Waals surface area contributed by atoms with Gasteiger partial charge in [0.15, 0.2) is 0 Å². The van der Waals surface area contributed by atoms with Gasteiger partial charge < -0.3 is 9.42 Å². The van der Waals surface area contributed by atoms with Crippen LogP contribution in [-0.4, -0.2) is 44.2 Å². The van der Waals surface area contributed by atoms with Crippen molar-refractivity contribution >= 4 is 5.91 Å². The topological polar surface area (TPSA) is 87.9 Å². The van der Waals surface area contributed by atoms with Crippen molar-refractivity contribution in [2.24, 2.45) is 0 Å². The molecule has 1 saturated heterocycles. The van der Waals surface area contributed by atoms with E-state index in [1.165, 1.54) is 0 Å². The fourth-order valence-electron chi connectivity index (χ4n) is 3.65. The highest BCUT2D eigenvalue weighted by molar-refractivity contribution is 5.92. The van der Waals surface area contributed by atoms with Gasteiger partial charge in [0.1, 0.15) is 11.5 Å². The summed E-state index contributed by atoms with van der Waals surface area (Å²) in [6.07, 6.45) is 5.25. The fourth-order valence-corrected chi connectivity index (χ4v) is 3.65. The van der Waals surface area contributed by atoms with Gasteiger partial charge in [-0.25, -0.2) is 0 Å². The number of rotatable bonds is 3. The van der Waals surface area contributed by atoms with E-state index in [9.17, 15) is 4.79 Å². The maximum Gasteiger partial charge on any atom is 0.271 e. The maximum absolute atomic E-state index is 12.4. The van der Waals surface area contributed by atoms with Crippen molar-refractivity contribution in [3.8, 4) is 11.1 Å². The van der Waals surface area contributed by atoms with Crippen LogP contribution in [0.5, 0.6) is 0 Å². The van der Waals surface area contributed by atoms with Gasteiger partial charge >= 0.3 is 0 Å². The summed E-state index contributed by atoms with van der Waals surface area (Å²) in [5.74, 6) is 1.18. The number of H-pyrrole nitrogens is 1. The zero-order valence-electron chi connectivity index (χ0n) is 14.9. The van der Waals surface area contributed by atoms with E-state index in [-0.39, 0.29) is 5.91 Å². The van der Waals surface area contributed by atoms with Gasteiger partial charge in [-0.2, -0.15) is 5.10 Å². The van der Waals surface area contributed by atoms with Crippen LogP contribution < -0.4 is 0 Å². The van der Waals surface area contributed by atoms with Gasteiger partial charge in [0.05, 0.1) is 5.69 Å². The molecule has 0 saturated carbocycles. The van der Waals surface area contributed by atoms with Gasteiger partial charge in [-0.1, -0.05) is 5.16 Å². The number of carbonyl (C=O) groups excluding carboxylic acids is 1. The van der Waals surface area contributed by atoms with Crippen LogP contribution >= 0.6 is 0 Å². The first-order chi connectivity index (χ1) is 12.6. The summed E-state index contributed by atoms with van der Waals surface area (Å²) >= 11 is 0. The first-order valence-corrected chi connectivity index (χ1v) is 8.81. The Morgan fingerprint density at radius 2 is 2.04 bits per heavy atom. The number of aryl methyl sites for hydroxylation is 2. The Morgan fingerprint density at radius 1 is 1.23 bits per heavy atom. The van der Waals surface area contributed by atoms with Crippen molar-refractivity contribution in [3.63, 3.8) is 0 Å². The number of amides is 1. The van der Waals surface area contributed by atoms with Gasteiger partial charge in [0.25, 0.3) is 5.91 Å². The van der Waals surface area contributed by atoms with Crippen LogP contribution in [0.4, 0.5) is 0 Å². The van der Waals surface area contributed by atoms with Crippen molar-refractivity contribution in [1.82, 2.24) is 25.2 Å². The Bertz CT molecular complexity index is 888. The molecule has 7 heteroatoms. The molecular formula is C19H21N5O2. The molecule has 3 aromatic rings. The highest BCUT2D eigenvalue weighted by atomic mass is 16.5. The Morgan fingerprint density at radius 3 is 2.69 bits per heavy atom. The number of aromatic nitrogens is 4. The summed E-state index contributed by atoms with van der Waals surface area (Å²) in [6.45, 7) is 5.32. The molecular weight excluding hydrogens is 330 g/mol. The fraction of sp³-hybridized carbons (Fsp3) is 0.368. The average molecular weight is 351 g/mol. The smallest absolute Gasteiger partial charge is 0.271 e. The van der Waals surface area contributed by atoms with Crippen LogP contribution in [0.15, 0.2) is 35.1 Å². The molecule has 4 rings (SSSR count). The molecule has 0 spiro atoms. The summed E-state index contributed by atoms with van der Waals surface area (Å²) in [7, 11) is 0. The van der Waals surface area contributed by atoms with Crippen molar-refractivity contribution in [1.29, 1.82) is 0 Å². The standard InChI is InChI=1S/C19H21N5O2/c1-12-18(13(2)26-23-12)15-3-7-20-17(11-15)14-5-9-24(10-6-14)19(25)16-4-8-21-22-16/h3-4,7-8,11,14H,5-6,9-10H2,1-2H3,(H,21,22). The number of nitrogens with zero attached hydrogens (tertiary/aromatic N) is 4. The number of nitrogens with one attached hydrogen (secondary N) is 1. The molecule has 134 valence electrons. The Hall–Kier alpha value is -2.96. The van der Waals surface area contributed by atoms with E-state index in [2.05, 4.69) is 26.4 Å². The van der Waals surface area contributed by atoms with Crippen LogP contribution in [0.25, 0.3) is 11.1 Å². The molecule has 1 fully saturated rings. The maximum atomic E-state index is 12.4. The second-order valence-electron chi connectivity index (χ2n) is 6.71. The molecule has 4 heterocycles. The van der Waals surface area contributed by atoms with Crippen molar-refractivity contribution in [2.75, 3.05) is 13.1 Å². The van der Waals surface area contributed by atoms with Crippen LogP contribution in [0, 0.1) is 13.8 Å². The SMILES string of the molecule is Cc1noc(C)c1-c1ccnc(C2CCN(C(=O)c3ccn[nH]3)CC2)c1. The van der Waals surface area contributed by atoms with Crippen molar-refractivity contribution < 1.29 is 9.32 Å². The minimum atomic E-state index is 0.0124. The summed E-state index contributed by atoms with van der Waals surface area (Å²) in [6, 6.07) is 5.83.